The molecule has 2 aromatic carbocycles. The molecule has 0 radical (unpaired) electrons. The van der Waals surface area contributed by atoms with Crippen molar-refractivity contribution in [2.75, 3.05) is 13.2 Å². The summed E-state index contributed by atoms with van der Waals surface area (Å²) in [7, 11) is 0. The largest absolute Gasteiger partial charge is 0.464 e. The van der Waals surface area contributed by atoms with Crippen LogP contribution in [0.5, 0.6) is 0 Å². The molecule has 0 aromatic heterocycles. The number of fused-ring (bicyclic) bond motifs is 3. The molecule has 0 unspecified atom stereocenters. The fourth-order valence-corrected chi connectivity index (χ4v) is 3.90. The van der Waals surface area contributed by atoms with Gasteiger partial charge in [-0.1, -0.05) is 48.5 Å². The van der Waals surface area contributed by atoms with Crippen molar-refractivity contribution in [1.82, 2.24) is 5.32 Å². The maximum Gasteiger partial charge on any atom is 0.407 e. The number of esters is 1. The fraction of sp³-hybridized carbons (Fsp3) is 0.375. The number of rotatable bonds is 9. The monoisotopic (exact) mass is 422 g/mol. The van der Waals surface area contributed by atoms with Gasteiger partial charge in [0.2, 0.25) is 5.91 Å². The predicted molar refractivity (Wildman–Crippen MR) is 114 cm³/mol. The lowest BCUT2D eigenvalue weighted by Gasteiger charge is -2.19. The van der Waals surface area contributed by atoms with Gasteiger partial charge in [-0.3, -0.25) is 4.79 Å². The van der Waals surface area contributed by atoms with Gasteiger partial charge in [0.05, 0.1) is 6.61 Å². The number of amides is 2. The molecule has 0 heterocycles. The van der Waals surface area contributed by atoms with E-state index in [0.717, 1.165) is 35.1 Å². The van der Waals surface area contributed by atoms with Crippen LogP contribution in [0.2, 0.25) is 0 Å². The summed E-state index contributed by atoms with van der Waals surface area (Å²) in [5.41, 5.74) is 9.67. The van der Waals surface area contributed by atoms with E-state index in [2.05, 4.69) is 17.4 Å². The van der Waals surface area contributed by atoms with Crippen LogP contribution in [0, 0.1) is 5.92 Å². The van der Waals surface area contributed by atoms with Crippen LogP contribution >= 0.6 is 0 Å². The van der Waals surface area contributed by atoms with Crippen molar-refractivity contribution in [3.05, 3.63) is 59.7 Å². The molecular formula is C24H26N2O5. The molecule has 3 N–H and O–H groups in total. The van der Waals surface area contributed by atoms with Crippen LogP contribution in [0.25, 0.3) is 11.1 Å². The van der Waals surface area contributed by atoms with E-state index in [1.807, 2.05) is 36.4 Å². The number of carbonyl (C=O) groups is 3. The van der Waals surface area contributed by atoms with Gasteiger partial charge in [-0.2, -0.15) is 0 Å². The zero-order valence-electron chi connectivity index (χ0n) is 17.2. The molecule has 31 heavy (non-hydrogen) atoms. The summed E-state index contributed by atoms with van der Waals surface area (Å²) >= 11 is 0. The molecule has 2 amide bonds. The maximum atomic E-state index is 12.5. The number of alkyl carbamates (subject to hydrolysis) is 1. The molecule has 1 saturated carbocycles. The van der Waals surface area contributed by atoms with Crippen molar-refractivity contribution in [1.29, 1.82) is 0 Å². The van der Waals surface area contributed by atoms with Crippen LogP contribution in [0.1, 0.15) is 42.7 Å². The van der Waals surface area contributed by atoms with Gasteiger partial charge < -0.3 is 20.5 Å². The van der Waals surface area contributed by atoms with Gasteiger partial charge in [0.15, 0.2) is 0 Å². The molecule has 2 aliphatic rings. The highest BCUT2D eigenvalue weighted by Crippen LogP contribution is 2.44. The smallest absolute Gasteiger partial charge is 0.407 e. The summed E-state index contributed by atoms with van der Waals surface area (Å²) in [5.74, 6) is -0.796. The van der Waals surface area contributed by atoms with Gasteiger partial charge >= 0.3 is 12.1 Å². The first-order chi connectivity index (χ1) is 15.0. The lowest BCUT2D eigenvalue weighted by Crippen LogP contribution is -2.43. The minimum Gasteiger partial charge on any atom is -0.464 e. The highest BCUT2D eigenvalue weighted by atomic mass is 16.6. The van der Waals surface area contributed by atoms with Crippen molar-refractivity contribution in [2.45, 2.75) is 37.6 Å². The van der Waals surface area contributed by atoms with Crippen molar-refractivity contribution in [3.63, 3.8) is 0 Å². The number of carbonyl (C=O) groups excluding carboxylic acids is 3. The standard InChI is InChI=1S/C24H26N2O5/c25-22(27)12-11-21(23(28)30-13-15-9-10-15)26-24(29)31-14-20-18-7-3-1-5-16(18)17-6-2-4-8-19(17)20/h1-8,15,20-21H,9-14H2,(H2,25,27)(H,26,29)/t21-/m0/s1. The number of benzene rings is 2. The van der Waals surface area contributed by atoms with Gasteiger partial charge in [-0.25, -0.2) is 9.59 Å². The van der Waals surface area contributed by atoms with Gasteiger partial charge in [0, 0.05) is 12.3 Å². The van der Waals surface area contributed by atoms with E-state index in [1.54, 1.807) is 0 Å². The number of nitrogens with two attached hydrogens (primary N) is 1. The Kier molecular flexibility index (Phi) is 6.21. The predicted octanol–water partition coefficient (Wildman–Crippen LogP) is 3.11. The highest BCUT2D eigenvalue weighted by molar-refractivity contribution is 5.83. The Morgan fingerprint density at radius 1 is 0.935 bits per heavy atom. The normalized spacial score (nSPS) is 15.5. The zero-order chi connectivity index (χ0) is 21.8. The van der Waals surface area contributed by atoms with Gasteiger partial charge in [0.25, 0.3) is 0 Å². The second-order valence-electron chi connectivity index (χ2n) is 8.10. The Balaban J connectivity index is 1.38. The summed E-state index contributed by atoms with van der Waals surface area (Å²) < 4.78 is 10.8. The Morgan fingerprint density at radius 2 is 1.55 bits per heavy atom. The molecule has 162 valence electrons. The van der Waals surface area contributed by atoms with Crippen LogP contribution in [0.4, 0.5) is 4.79 Å². The minimum absolute atomic E-state index is 0.0349. The van der Waals surface area contributed by atoms with Crippen molar-refractivity contribution in [3.8, 4) is 11.1 Å². The van der Waals surface area contributed by atoms with E-state index in [1.165, 1.54) is 0 Å². The molecule has 7 nitrogen and oxygen atoms in total. The Labute approximate surface area is 180 Å². The maximum absolute atomic E-state index is 12.5. The summed E-state index contributed by atoms with van der Waals surface area (Å²) in [4.78, 5) is 36.0. The molecule has 2 aliphatic carbocycles. The molecular weight excluding hydrogens is 396 g/mol. The second-order valence-corrected chi connectivity index (χ2v) is 8.10. The van der Waals surface area contributed by atoms with Crippen molar-refractivity contribution in [2.24, 2.45) is 11.7 Å². The first kappa shape index (κ1) is 20.9. The fourth-order valence-electron chi connectivity index (χ4n) is 3.90. The molecule has 7 heteroatoms. The molecule has 0 saturated heterocycles. The van der Waals surface area contributed by atoms with Crippen LogP contribution in [-0.4, -0.2) is 37.2 Å². The SMILES string of the molecule is NC(=O)CC[C@H](NC(=O)OCC1c2ccccc2-c2ccccc21)C(=O)OCC1CC1. The number of hydrogen-bond acceptors (Lipinski definition) is 5. The third-order valence-electron chi connectivity index (χ3n) is 5.76. The highest BCUT2D eigenvalue weighted by Gasteiger charge is 2.31. The van der Waals surface area contributed by atoms with E-state index < -0.39 is 24.0 Å². The van der Waals surface area contributed by atoms with Crippen molar-refractivity contribution < 1.29 is 23.9 Å². The average Bonchev–Trinajstić information content (AvgIpc) is 3.55. The molecule has 1 fully saturated rings. The number of nitrogens with one attached hydrogen (secondary N) is 1. The first-order valence-electron chi connectivity index (χ1n) is 10.6. The summed E-state index contributed by atoms with van der Waals surface area (Å²) in [6.45, 7) is 0.470. The quantitative estimate of drug-likeness (QED) is 0.604. The van der Waals surface area contributed by atoms with Crippen LogP contribution < -0.4 is 11.1 Å². The lowest BCUT2D eigenvalue weighted by molar-refractivity contribution is -0.146. The van der Waals surface area contributed by atoms with Crippen LogP contribution in [0.15, 0.2) is 48.5 Å². The lowest BCUT2D eigenvalue weighted by atomic mass is 9.98. The third-order valence-corrected chi connectivity index (χ3v) is 5.76. The van der Waals surface area contributed by atoms with Gasteiger partial charge in [0.1, 0.15) is 12.6 Å². The number of hydrogen-bond donors (Lipinski definition) is 2. The zero-order valence-corrected chi connectivity index (χ0v) is 17.2. The van der Waals surface area contributed by atoms with E-state index >= 15 is 0 Å². The molecule has 2 aromatic rings. The summed E-state index contributed by atoms with van der Waals surface area (Å²) in [6, 6.07) is 15.1. The van der Waals surface area contributed by atoms with E-state index in [0.29, 0.717) is 12.5 Å². The third kappa shape index (κ3) is 5.05. The number of ether oxygens (including phenoxy) is 2. The van der Waals surface area contributed by atoms with E-state index in [4.69, 9.17) is 15.2 Å². The Hall–Kier alpha value is -3.35. The topological polar surface area (TPSA) is 108 Å². The molecule has 0 bridgehead atoms. The van der Waals surface area contributed by atoms with Crippen molar-refractivity contribution >= 4 is 18.0 Å². The number of primary amides is 1. The van der Waals surface area contributed by atoms with Gasteiger partial charge in [-0.15, -0.1) is 0 Å². The van der Waals surface area contributed by atoms with Gasteiger partial charge in [-0.05, 0) is 47.4 Å². The van der Waals surface area contributed by atoms with E-state index in [-0.39, 0.29) is 25.4 Å². The summed E-state index contributed by atoms with van der Waals surface area (Å²) in [5, 5.41) is 2.54. The Bertz CT molecular complexity index is 940. The summed E-state index contributed by atoms with van der Waals surface area (Å²) in [6.07, 6.45) is 1.40. The first-order valence-corrected chi connectivity index (χ1v) is 10.6. The Morgan fingerprint density at radius 3 is 2.13 bits per heavy atom. The minimum atomic E-state index is -0.970. The molecule has 1 atom stereocenters. The van der Waals surface area contributed by atoms with Crippen LogP contribution in [0.3, 0.4) is 0 Å². The van der Waals surface area contributed by atoms with Crippen LogP contribution in [-0.2, 0) is 19.1 Å². The second kappa shape index (κ2) is 9.20. The molecule has 0 spiro atoms. The van der Waals surface area contributed by atoms with E-state index in [9.17, 15) is 14.4 Å². The molecule has 0 aliphatic heterocycles. The molecule has 4 rings (SSSR count). The average molecular weight is 422 g/mol.